The number of carbonyl (C=O) groups excluding carboxylic acids is 3. The fourth-order valence-corrected chi connectivity index (χ4v) is 4.30. The van der Waals surface area contributed by atoms with Crippen LogP contribution in [-0.2, 0) is 32.8 Å². The van der Waals surface area contributed by atoms with Gasteiger partial charge in [0.15, 0.2) is 0 Å². The summed E-state index contributed by atoms with van der Waals surface area (Å²) in [6, 6.07) is 24.0. The normalized spacial score (nSPS) is 13.1. The van der Waals surface area contributed by atoms with Crippen LogP contribution in [0.5, 0.6) is 0 Å². The predicted molar refractivity (Wildman–Crippen MR) is 156 cm³/mol. The van der Waals surface area contributed by atoms with Gasteiger partial charge in [0.25, 0.3) is 5.91 Å². The molecular formula is C34H41NO3. The number of hydrogen-bond donors (Lipinski definition) is 0. The van der Waals surface area contributed by atoms with E-state index in [1.165, 1.54) is 36.6 Å². The molecule has 0 atom stereocenters. The topological polar surface area (TPSA) is 54.5 Å². The highest BCUT2D eigenvalue weighted by Crippen LogP contribution is 2.27. The Bertz CT molecular complexity index is 1200. The summed E-state index contributed by atoms with van der Waals surface area (Å²) in [5.74, 6) is 0.0495. The minimum atomic E-state index is -0.526. The molecule has 1 amide bonds. The van der Waals surface area contributed by atoms with E-state index in [9.17, 15) is 14.4 Å². The van der Waals surface area contributed by atoms with Gasteiger partial charge < -0.3 is 9.69 Å². The van der Waals surface area contributed by atoms with Crippen LogP contribution in [0.15, 0.2) is 72.8 Å². The summed E-state index contributed by atoms with van der Waals surface area (Å²) >= 11 is 0. The van der Waals surface area contributed by atoms with Crippen LogP contribution >= 0.6 is 0 Å². The zero-order valence-electron chi connectivity index (χ0n) is 23.5. The molecule has 3 aromatic carbocycles. The van der Waals surface area contributed by atoms with Crippen molar-refractivity contribution in [3.8, 4) is 11.1 Å². The molecule has 0 heterocycles. The average Bonchev–Trinajstić information content (AvgIpc) is 2.89. The number of carbonyl (C=O) groups is 3. The molecule has 0 spiro atoms. The lowest BCUT2D eigenvalue weighted by Gasteiger charge is -2.23. The monoisotopic (exact) mass is 511 g/mol. The van der Waals surface area contributed by atoms with Crippen LogP contribution in [0.25, 0.3) is 11.1 Å². The number of nitrogens with zero attached hydrogens (tertiary/aromatic N) is 1. The number of anilines is 1. The van der Waals surface area contributed by atoms with E-state index in [-0.39, 0.29) is 5.41 Å². The smallest absolute Gasteiger partial charge is 0.294 e. The first-order valence-electron chi connectivity index (χ1n) is 13.6. The van der Waals surface area contributed by atoms with Crippen molar-refractivity contribution in [1.82, 2.24) is 0 Å². The summed E-state index contributed by atoms with van der Waals surface area (Å²) in [6.07, 6.45) is 6.65. The third kappa shape index (κ3) is 8.24. The van der Waals surface area contributed by atoms with E-state index in [4.69, 9.17) is 0 Å². The summed E-state index contributed by atoms with van der Waals surface area (Å²) in [5, 5.41) is 0. The van der Waals surface area contributed by atoms with E-state index < -0.39 is 11.7 Å². The molecule has 3 aromatic rings. The van der Waals surface area contributed by atoms with Gasteiger partial charge in [-0.25, -0.2) is 0 Å². The van der Waals surface area contributed by atoms with Crippen molar-refractivity contribution >= 4 is 23.7 Å². The van der Waals surface area contributed by atoms with Crippen LogP contribution in [0.1, 0.15) is 77.0 Å². The number of aldehydes is 1. The molecule has 0 aliphatic heterocycles. The first kappa shape index (κ1) is 29.0. The maximum Gasteiger partial charge on any atom is 0.294 e. The summed E-state index contributed by atoms with van der Waals surface area (Å²) in [5.41, 5.74) is 6.11. The Hall–Kier alpha value is -3.53. The van der Waals surface area contributed by atoms with Gasteiger partial charge in [-0.1, -0.05) is 108 Å². The van der Waals surface area contributed by atoms with Gasteiger partial charge in [-0.3, -0.25) is 9.59 Å². The van der Waals surface area contributed by atoms with Gasteiger partial charge in [0, 0.05) is 19.0 Å². The molecule has 0 saturated heterocycles. The summed E-state index contributed by atoms with van der Waals surface area (Å²) in [7, 11) is 0. The largest absolute Gasteiger partial charge is 0.303 e. The van der Waals surface area contributed by atoms with E-state index in [1.807, 2.05) is 60.7 Å². The molecule has 0 aromatic heterocycles. The van der Waals surface area contributed by atoms with Crippen molar-refractivity contribution in [2.45, 2.75) is 78.7 Å². The van der Waals surface area contributed by atoms with Gasteiger partial charge in [-0.15, -0.1) is 0 Å². The Kier molecular flexibility index (Phi) is 10.2. The van der Waals surface area contributed by atoms with Gasteiger partial charge in [0.2, 0.25) is 5.78 Å². The third-order valence-electron chi connectivity index (χ3n) is 7.12. The van der Waals surface area contributed by atoms with Crippen molar-refractivity contribution in [3.05, 3.63) is 89.5 Å². The van der Waals surface area contributed by atoms with E-state index in [0.29, 0.717) is 18.7 Å². The summed E-state index contributed by atoms with van der Waals surface area (Å²) in [4.78, 5) is 36.7. The minimum absolute atomic E-state index is 0.0515. The Balaban J connectivity index is 0.000000715. The molecule has 1 aliphatic rings. The SMILES string of the molecule is CC(=O)C(=O)N(Cc1ccc(C(C)(C)C)cc1)c1ccc(-c2ccc(CCC=O)cc2)cc1.CC1CCC1. The number of benzene rings is 3. The number of hydrogen-bond acceptors (Lipinski definition) is 3. The van der Waals surface area contributed by atoms with Crippen LogP contribution < -0.4 is 4.90 Å². The molecule has 1 aliphatic carbocycles. The quantitative estimate of drug-likeness (QED) is 0.230. The zero-order chi connectivity index (χ0) is 27.7. The van der Waals surface area contributed by atoms with Gasteiger partial charge in [0.1, 0.15) is 6.29 Å². The maximum atomic E-state index is 12.7. The first-order valence-corrected chi connectivity index (χ1v) is 13.6. The molecule has 0 radical (unpaired) electrons. The Morgan fingerprint density at radius 2 is 1.34 bits per heavy atom. The molecule has 0 N–H and O–H groups in total. The van der Waals surface area contributed by atoms with Crippen molar-refractivity contribution in [3.63, 3.8) is 0 Å². The molecule has 4 nitrogen and oxygen atoms in total. The second kappa shape index (κ2) is 13.3. The molecule has 1 saturated carbocycles. The number of ketones is 1. The van der Waals surface area contributed by atoms with Gasteiger partial charge in [-0.2, -0.15) is 0 Å². The summed E-state index contributed by atoms with van der Waals surface area (Å²) in [6.45, 7) is 10.4. The van der Waals surface area contributed by atoms with E-state index in [1.54, 1.807) is 0 Å². The lowest BCUT2D eigenvalue weighted by molar-refractivity contribution is -0.135. The number of amides is 1. The van der Waals surface area contributed by atoms with Crippen molar-refractivity contribution in [2.75, 3.05) is 4.90 Å². The van der Waals surface area contributed by atoms with Crippen molar-refractivity contribution in [2.24, 2.45) is 5.92 Å². The lowest BCUT2D eigenvalue weighted by Crippen LogP contribution is -2.35. The van der Waals surface area contributed by atoms with Crippen LogP contribution in [0.3, 0.4) is 0 Å². The van der Waals surface area contributed by atoms with E-state index in [2.05, 4.69) is 39.8 Å². The van der Waals surface area contributed by atoms with Crippen molar-refractivity contribution < 1.29 is 14.4 Å². The zero-order valence-corrected chi connectivity index (χ0v) is 23.5. The van der Waals surface area contributed by atoms with Crippen LogP contribution in [0.4, 0.5) is 5.69 Å². The summed E-state index contributed by atoms with van der Waals surface area (Å²) < 4.78 is 0. The lowest BCUT2D eigenvalue weighted by atomic mass is 9.87. The highest BCUT2D eigenvalue weighted by molar-refractivity contribution is 6.40. The Morgan fingerprint density at radius 3 is 1.76 bits per heavy atom. The van der Waals surface area contributed by atoms with Crippen LogP contribution in [0, 0.1) is 5.92 Å². The average molecular weight is 512 g/mol. The predicted octanol–water partition coefficient (Wildman–Crippen LogP) is 7.71. The maximum absolute atomic E-state index is 12.7. The number of rotatable bonds is 8. The van der Waals surface area contributed by atoms with Crippen LogP contribution in [0.2, 0.25) is 0 Å². The second-order valence-corrected chi connectivity index (χ2v) is 11.4. The standard InChI is InChI=1S/C29H31NO3.C5H10/c1-21(32)28(33)30(20-23-9-15-26(16-10-23)29(2,3)4)27-17-13-25(14-18-27)24-11-7-22(8-12-24)6-5-19-31;1-5-3-2-4-5/h7-19H,5-6,20H2,1-4H3;5H,2-4H2,1H3. The second-order valence-electron chi connectivity index (χ2n) is 11.4. The Labute approximate surface area is 228 Å². The molecule has 0 unspecified atom stereocenters. The molecule has 4 rings (SSSR count). The van der Waals surface area contributed by atoms with E-state index >= 15 is 0 Å². The van der Waals surface area contributed by atoms with E-state index in [0.717, 1.165) is 40.9 Å². The molecule has 0 bridgehead atoms. The number of aryl methyl sites for hydroxylation is 1. The van der Waals surface area contributed by atoms with Gasteiger partial charge in [-0.05, 0) is 57.7 Å². The number of Topliss-reactive ketones (excluding diaryl/α,β-unsaturated/α-hetero) is 1. The van der Waals surface area contributed by atoms with Gasteiger partial charge >= 0.3 is 0 Å². The first-order chi connectivity index (χ1) is 18.1. The fraction of sp³-hybridized carbons (Fsp3) is 0.382. The minimum Gasteiger partial charge on any atom is -0.303 e. The van der Waals surface area contributed by atoms with Crippen LogP contribution in [-0.4, -0.2) is 18.0 Å². The third-order valence-corrected chi connectivity index (χ3v) is 7.12. The van der Waals surface area contributed by atoms with Crippen molar-refractivity contribution in [1.29, 1.82) is 0 Å². The molecular weight excluding hydrogens is 470 g/mol. The fourth-order valence-electron chi connectivity index (χ4n) is 4.30. The molecule has 4 heteroatoms. The van der Waals surface area contributed by atoms with Gasteiger partial charge in [0.05, 0.1) is 6.54 Å². The molecule has 200 valence electrons. The molecule has 38 heavy (non-hydrogen) atoms. The highest BCUT2D eigenvalue weighted by atomic mass is 16.2. The molecule has 1 fully saturated rings. The highest BCUT2D eigenvalue weighted by Gasteiger charge is 2.21. The Morgan fingerprint density at radius 1 is 0.842 bits per heavy atom.